The number of ether oxygens (including phenoxy) is 2. The van der Waals surface area contributed by atoms with Crippen LogP contribution in [0.5, 0.6) is 11.5 Å². The molecule has 0 aromatic heterocycles. The van der Waals surface area contributed by atoms with Gasteiger partial charge < -0.3 is 20.1 Å². The van der Waals surface area contributed by atoms with E-state index in [1.54, 1.807) is 21.3 Å². The number of hydrogen-bond acceptors (Lipinski definition) is 4. The van der Waals surface area contributed by atoms with Crippen molar-refractivity contribution >= 4 is 5.91 Å². The van der Waals surface area contributed by atoms with Crippen molar-refractivity contribution in [2.75, 3.05) is 27.8 Å². The van der Waals surface area contributed by atoms with E-state index >= 15 is 0 Å². The summed E-state index contributed by atoms with van der Waals surface area (Å²) in [5.74, 6) is 1.40. The molecular formula is C14H20N2O3. The second-order valence-electron chi connectivity index (χ2n) is 4.73. The van der Waals surface area contributed by atoms with Gasteiger partial charge in [-0.1, -0.05) is 6.07 Å². The lowest BCUT2D eigenvalue weighted by Crippen LogP contribution is -2.39. The number of carbonyl (C=O) groups is 1. The van der Waals surface area contributed by atoms with Gasteiger partial charge in [-0.15, -0.1) is 0 Å². The number of methoxy groups -OCH3 is 2. The van der Waals surface area contributed by atoms with Crippen molar-refractivity contribution in [3.05, 3.63) is 23.8 Å². The average Bonchev–Trinajstić information content (AvgIpc) is 3.19. The topological polar surface area (TPSA) is 59.6 Å². The average molecular weight is 264 g/mol. The minimum Gasteiger partial charge on any atom is -0.493 e. The first-order valence-electron chi connectivity index (χ1n) is 6.33. The second-order valence-corrected chi connectivity index (χ2v) is 4.73. The van der Waals surface area contributed by atoms with E-state index in [-0.39, 0.29) is 11.4 Å². The van der Waals surface area contributed by atoms with Crippen molar-refractivity contribution in [1.82, 2.24) is 10.6 Å². The lowest BCUT2D eigenvalue weighted by atomic mass is 10.0. The summed E-state index contributed by atoms with van der Waals surface area (Å²) in [6.45, 7) is 0.328. The van der Waals surface area contributed by atoms with E-state index in [1.165, 1.54) is 0 Å². The number of hydrogen-bond donors (Lipinski definition) is 2. The molecule has 1 amide bonds. The molecule has 1 aromatic carbocycles. The predicted molar refractivity (Wildman–Crippen MR) is 72.5 cm³/mol. The second kappa shape index (κ2) is 5.48. The Kier molecular flexibility index (Phi) is 3.95. The Bertz CT molecular complexity index is 470. The molecule has 1 saturated carbocycles. The van der Waals surface area contributed by atoms with Crippen molar-refractivity contribution in [3.63, 3.8) is 0 Å². The van der Waals surface area contributed by atoms with Crippen molar-refractivity contribution < 1.29 is 14.3 Å². The van der Waals surface area contributed by atoms with E-state index < -0.39 is 0 Å². The summed E-state index contributed by atoms with van der Waals surface area (Å²) in [7, 11) is 4.98. The van der Waals surface area contributed by atoms with Gasteiger partial charge in [0.1, 0.15) is 0 Å². The van der Waals surface area contributed by atoms with E-state index in [4.69, 9.17) is 9.47 Å². The van der Waals surface area contributed by atoms with Gasteiger partial charge in [-0.25, -0.2) is 0 Å². The maximum Gasteiger partial charge on any atom is 0.234 e. The largest absolute Gasteiger partial charge is 0.493 e. The summed E-state index contributed by atoms with van der Waals surface area (Å²) in [6.07, 6.45) is 1.91. The molecule has 0 bridgehead atoms. The highest BCUT2D eigenvalue weighted by Crippen LogP contribution is 2.47. The van der Waals surface area contributed by atoms with Gasteiger partial charge >= 0.3 is 0 Å². The van der Waals surface area contributed by atoms with Crippen LogP contribution >= 0.6 is 0 Å². The van der Waals surface area contributed by atoms with Crippen LogP contribution in [0, 0.1) is 0 Å². The molecule has 1 aromatic rings. The maximum atomic E-state index is 11.7. The number of amides is 1. The Hall–Kier alpha value is -1.75. The van der Waals surface area contributed by atoms with Gasteiger partial charge in [0, 0.05) is 0 Å². The van der Waals surface area contributed by atoms with Crippen LogP contribution in [-0.2, 0) is 10.3 Å². The van der Waals surface area contributed by atoms with Crippen molar-refractivity contribution in [3.8, 4) is 11.5 Å². The van der Waals surface area contributed by atoms with Crippen LogP contribution in [0.25, 0.3) is 0 Å². The highest BCUT2D eigenvalue weighted by Gasteiger charge is 2.45. The van der Waals surface area contributed by atoms with Crippen LogP contribution in [0.4, 0.5) is 0 Å². The van der Waals surface area contributed by atoms with Gasteiger partial charge in [0.05, 0.1) is 26.3 Å². The highest BCUT2D eigenvalue weighted by atomic mass is 16.5. The van der Waals surface area contributed by atoms with E-state index in [9.17, 15) is 4.79 Å². The zero-order valence-corrected chi connectivity index (χ0v) is 11.6. The molecule has 0 spiro atoms. The number of likely N-dealkylation sites (N-methyl/N-ethyl adjacent to an activating group) is 1. The number of nitrogens with one attached hydrogen (secondary N) is 2. The molecular weight excluding hydrogens is 244 g/mol. The van der Waals surface area contributed by atoms with E-state index in [1.807, 2.05) is 18.2 Å². The molecule has 2 rings (SSSR count). The Morgan fingerprint density at radius 2 is 1.95 bits per heavy atom. The first-order valence-corrected chi connectivity index (χ1v) is 6.33. The van der Waals surface area contributed by atoms with Crippen molar-refractivity contribution in [2.24, 2.45) is 0 Å². The Morgan fingerprint density at radius 1 is 1.26 bits per heavy atom. The molecule has 1 aliphatic carbocycles. The zero-order chi connectivity index (χ0) is 13.9. The van der Waals surface area contributed by atoms with Crippen LogP contribution in [0.2, 0.25) is 0 Å². The standard InChI is InChI=1S/C14H20N2O3/c1-15-9-13(17)16-14(6-7-14)10-4-5-11(18-2)12(8-10)19-3/h4-5,8,15H,6-7,9H2,1-3H3,(H,16,17). The van der Waals surface area contributed by atoms with Crippen LogP contribution in [0.1, 0.15) is 18.4 Å². The summed E-state index contributed by atoms with van der Waals surface area (Å²) in [5.41, 5.74) is 0.836. The van der Waals surface area contributed by atoms with Gasteiger partial charge in [-0.05, 0) is 37.6 Å². The van der Waals surface area contributed by atoms with E-state index in [0.717, 1.165) is 18.4 Å². The molecule has 19 heavy (non-hydrogen) atoms. The number of benzene rings is 1. The third kappa shape index (κ3) is 2.81. The van der Waals surface area contributed by atoms with Crippen LogP contribution in [0.3, 0.4) is 0 Å². The predicted octanol–water partition coefficient (Wildman–Crippen LogP) is 1.03. The fraction of sp³-hybridized carbons (Fsp3) is 0.500. The molecule has 0 saturated heterocycles. The molecule has 1 aliphatic rings. The summed E-state index contributed by atoms with van der Waals surface area (Å²) in [4.78, 5) is 11.7. The normalized spacial score (nSPS) is 15.7. The lowest BCUT2D eigenvalue weighted by molar-refractivity contribution is -0.121. The summed E-state index contributed by atoms with van der Waals surface area (Å²) < 4.78 is 10.5. The molecule has 1 fully saturated rings. The molecule has 104 valence electrons. The third-order valence-electron chi connectivity index (χ3n) is 3.40. The number of rotatable bonds is 6. The van der Waals surface area contributed by atoms with Gasteiger partial charge in [0.15, 0.2) is 11.5 Å². The summed E-state index contributed by atoms with van der Waals surface area (Å²) in [6, 6.07) is 5.79. The van der Waals surface area contributed by atoms with Crippen LogP contribution < -0.4 is 20.1 Å². The van der Waals surface area contributed by atoms with Gasteiger partial charge in [-0.3, -0.25) is 4.79 Å². The molecule has 2 N–H and O–H groups in total. The fourth-order valence-corrected chi connectivity index (χ4v) is 2.22. The van der Waals surface area contributed by atoms with Gasteiger partial charge in [-0.2, -0.15) is 0 Å². The zero-order valence-electron chi connectivity index (χ0n) is 11.6. The maximum absolute atomic E-state index is 11.7. The van der Waals surface area contributed by atoms with Crippen LogP contribution in [0.15, 0.2) is 18.2 Å². The van der Waals surface area contributed by atoms with E-state index in [0.29, 0.717) is 18.0 Å². The molecule has 0 aliphatic heterocycles. The van der Waals surface area contributed by atoms with Gasteiger partial charge in [0.25, 0.3) is 0 Å². The monoisotopic (exact) mass is 264 g/mol. The van der Waals surface area contributed by atoms with E-state index in [2.05, 4.69) is 10.6 Å². The fourth-order valence-electron chi connectivity index (χ4n) is 2.22. The quantitative estimate of drug-likeness (QED) is 0.805. The Balaban J connectivity index is 2.19. The minimum atomic E-state index is -0.229. The third-order valence-corrected chi connectivity index (χ3v) is 3.40. The van der Waals surface area contributed by atoms with Crippen molar-refractivity contribution in [2.45, 2.75) is 18.4 Å². The number of carbonyl (C=O) groups excluding carboxylic acids is 1. The molecule has 5 nitrogen and oxygen atoms in total. The minimum absolute atomic E-state index is 0.00906. The Morgan fingerprint density at radius 3 is 2.47 bits per heavy atom. The van der Waals surface area contributed by atoms with Gasteiger partial charge in [0.2, 0.25) is 5.91 Å². The molecule has 0 unspecified atom stereocenters. The summed E-state index contributed by atoms with van der Waals surface area (Å²) in [5, 5.41) is 5.93. The first-order chi connectivity index (χ1) is 9.15. The van der Waals surface area contributed by atoms with Crippen LogP contribution in [-0.4, -0.2) is 33.7 Å². The molecule has 0 atom stereocenters. The SMILES string of the molecule is CNCC(=O)NC1(c2ccc(OC)c(OC)c2)CC1. The smallest absolute Gasteiger partial charge is 0.234 e. The Labute approximate surface area is 113 Å². The lowest BCUT2D eigenvalue weighted by Gasteiger charge is -2.19. The molecule has 0 radical (unpaired) electrons. The first kappa shape index (κ1) is 13.7. The summed E-state index contributed by atoms with van der Waals surface area (Å²) >= 11 is 0. The molecule has 0 heterocycles. The highest BCUT2D eigenvalue weighted by molar-refractivity contribution is 5.79. The molecule has 5 heteroatoms. The van der Waals surface area contributed by atoms with Crippen molar-refractivity contribution in [1.29, 1.82) is 0 Å².